The van der Waals surface area contributed by atoms with Crippen molar-refractivity contribution in [3.05, 3.63) is 67.1 Å². The third kappa shape index (κ3) is 3.12. The molecule has 3 aromatic rings. The summed E-state index contributed by atoms with van der Waals surface area (Å²) in [5.41, 5.74) is 1.25. The second-order valence-electron chi connectivity index (χ2n) is 4.83. The van der Waals surface area contributed by atoms with Crippen LogP contribution in [0.15, 0.2) is 42.0 Å². The molecule has 2 aromatic heterocycles. The molecule has 1 aromatic carbocycles. The Hall–Kier alpha value is -1.47. The number of fused-ring (bicyclic) bond motifs is 1. The Balaban J connectivity index is 2.09. The summed E-state index contributed by atoms with van der Waals surface area (Å²) in [6, 6.07) is 5.19. The van der Waals surface area contributed by atoms with Gasteiger partial charge >= 0.3 is 0 Å². The Labute approximate surface area is 151 Å². The predicted octanol–water partition coefficient (Wildman–Crippen LogP) is 4.53. The predicted molar refractivity (Wildman–Crippen MR) is 98.5 cm³/mol. The molecule has 0 atom stereocenters. The van der Waals surface area contributed by atoms with Crippen LogP contribution in [0.1, 0.15) is 5.56 Å². The summed E-state index contributed by atoms with van der Waals surface area (Å²) in [6.45, 7) is 4.55. The van der Waals surface area contributed by atoms with Crippen LogP contribution in [0.5, 0.6) is 0 Å². The Morgan fingerprint density at radius 1 is 1.39 bits per heavy atom. The molecular weight excluding hydrogens is 373 g/mol. The molecule has 4 nitrogen and oxygen atoms in total. The maximum atomic E-state index is 12.7. The van der Waals surface area contributed by atoms with Crippen molar-refractivity contribution >= 4 is 57.1 Å². The van der Waals surface area contributed by atoms with Gasteiger partial charge in [0, 0.05) is 16.6 Å². The van der Waals surface area contributed by atoms with E-state index in [1.165, 1.54) is 22.2 Å². The minimum atomic E-state index is -0.139. The van der Waals surface area contributed by atoms with Crippen molar-refractivity contribution in [2.45, 2.75) is 13.1 Å². The van der Waals surface area contributed by atoms with Gasteiger partial charge in [-0.05, 0) is 29.9 Å². The van der Waals surface area contributed by atoms with Gasteiger partial charge in [-0.1, -0.05) is 46.7 Å². The molecule has 23 heavy (non-hydrogen) atoms. The highest BCUT2D eigenvalue weighted by atomic mass is 35.5. The van der Waals surface area contributed by atoms with E-state index >= 15 is 0 Å². The average molecular weight is 384 g/mol. The quantitative estimate of drug-likeness (QED) is 0.490. The van der Waals surface area contributed by atoms with Gasteiger partial charge in [0.2, 0.25) is 0 Å². The van der Waals surface area contributed by atoms with Crippen molar-refractivity contribution in [1.82, 2.24) is 14.1 Å². The monoisotopic (exact) mass is 383 g/mol. The number of halogens is 2. The molecule has 0 N–H and O–H groups in total. The summed E-state index contributed by atoms with van der Waals surface area (Å²) in [5, 5.41) is 1.07. The van der Waals surface area contributed by atoms with E-state index in [9.17, 15) is 4.79 Å². The van der Waals surface area contributed by atoms with E-state index in [0.29, 0.717) is 37.4 Å². The molecule has 0 saturated carbocycles. The molecule has 0 fully saturated rings. The van der Waals surface area contributed by atoms with Crippen LogP contribution in [0.3, 0.4) is 0 Å². The van der Waals surface area contributed by atoms with Crippen LogP contribution in [0.4, 0.5) is 0 Å². The molecule has 3 rings (SSSR count). The van der Waals surface area contributed by atoms with Crippen LogP contribution in [-0.4, -0.2) is 14.1 Å². The summed E-state index contributed by atoms with van der Waals surface area (Å²) in [4.78, 5) is 17.0. The Morgan fingerprint density at radius 3 is 2.87 bits per heavy atom. The summed E-state index contributed by atoms with van der Waals surface area (Å²) in [5.74, 6) is 0. The second-order valence-corrected chi connectivity index (χ2v) is 7.32. The maximum absolute atomic E-state index is 12.7. The second kappa shape index (κ2) is 6.57. The summed E-state index contributed by atoms with van der Waals surface area (Å²) in [6.07, 6.45) is 3.24. The third-order valence-electron chi connectivity index (χ3n) is 3.31. The van der Waals surface area contributed by atoms with Gasteiger partial charge in [-0.3, -0.25) is 9.36 Å². The lowest BCUT2D eigenvalue weighted by atomic mass is 10.2. The number of nitrogens with zero attached hydrogens (tertiary/aromatic N) is 3. The molecule has 0 spiro atoms. The molecule has 0 radical (unpaired) electrons. The van der Waals surface area contributed by atoms with E-state index in [0.717, 1.165) is 5.56 Å². The highest BCUT2D eigenvalue weighted by Crippen LogP contribution is 2.22. The number of thiazole rings is 1. The lowest BCUT2D eigenvalue weighted by Crippen LogP contribution is -2.21. The largest absolute Gasteiger partial charge is 0.304 e. The van der Waals surface area contributed by atoms with E-state index in [4.69, 9.17) is 35.4 Å². The zero-order valence-electron chi connectivity index (χ0n) is 11.8. The normalized spacial score (nSPS) is 11.0. The van der Waals surface area contributed by atoms with Crippen LogP contribution < -0.4 is 5.56 Å². The molecule has 0 aliphatic rings. The zero-order chi connectivity index (χ0) is 16.6. The molecule has 118 valence electrons. The Kier molecular flexibility index (Phi) is 4.68. The Bertz CT molecular complexity index is 1020. The molecule has 0 bridgehead atoms. The minimum absolute atomic E-state index is 0.139. The molecular formula is C15H11Cl2N3OS2. The molecule has 2 heterocycles. The highest BCUT2D eigenvalue weighted by molar-refractivity contribution is 7.73. The smallest absolute Gasteiger partial charge is 0.273 e. The van der Waals surface area contributed by atoms with Crippen molar-refractivity contribution in [1.29, 1.82) is 0 Å². The van der Waals surface area contributed by atoms with Gasteiger partial charge in [-0.25, -0.2) is 4.98 Å². The van der Waals surface area contributed by atoms with Crippen molar-refractivity contribution in [3.63, 3.8) is 0 Å². The summed E-state index contributed by atoms with van der Waals surface area (Å²) in [7, 11) is 0. The molecule has 0 amide bonds. The molecule has 0 aliphatic heterocycles. The number of rotatable bonds is 4. The standard InChI is InChI=1S/C15H11Cl2N3OS2/c1-2-5-20-13-12(23-15(20)22)14(21)19(8-18-13)7-9-3-4-10(16)6-11(9)17/h2-4,6,8H,1,5,7H2. The number of benzene rings is 1. The van der Waals surface area contributed by atoms with Crippen molar-refractivity contribution in [2.75, 3.05) is 0 Å². The number of hydrogen-bond donors (Lipinski definition) is 0. The fourth-order valence-corrected chi connectivity index (χ4v) is 3.99. The first-order chi connectivity index (χ1) is 11.0. The SMILES string of the molecule is C=CCn1c(=S)sc2c(=O)n(Cc3ccc(Cl)cc3Cl)cnc21. The van der Waals surface area contributed by atoms with Crippen molar-refractivity contribution < 1.29 is 0 Å². The van der Waals surface area contributed by atoms with Gasteiger partial charge in [0.15, 0.2) is 9.60 Å². The minimum Gasteiger partial charge on any atom is -0.304 e. The van der Waals surface area contributed by atoms with Crippen LogP contribution in [0.2, 0.25) is 10.0 Å². The van der Waals surface area contributed by atoms with Crippen LogP contribution >= 0.6 is 46.8 Å². The average Bonchev–Trinajstić information content (AvgIpc) is 2.82. The Morgan fingerprint density at radius 2 is 2.17 bits per heavy atom. The van der Waals surface area contributed by atoms with Crippen molar-refractivity contribution in [2.24, 2.45) is 0 Å². The van der Waals surface area contributed by atoms with Gasteiger partial charge < -0.3 is 4.57 Å². The van der Waals surface area contributed by atoms with Crippen LogP contribution in [0, 0.1) is 3.95 Å². The van der Waals surface area contributed by atoms with Gasteiger partial charge in [-0.15, -0.1) is 6.58 Å². The van der Waals surface area contributed by atoms with Crippen LogP contribution in [0.25, 0.3) is 10.3 Å². The van der Waals surface area contributed by atoms with E-state index in [1.807, 2.05) is 0 Å². The zero-order valence-corrected chi connectivity index (χ0v) is 15.0. The first-order valence-electron chi connectivity index (χ1n) is 6.65. The van der Waals surface area contributed by atoms with Gasteiger partial charge in [-0.2, -0.15) is 0 Å². The lowest BCUT2D eigenvalue weighted by Gasteiger charge is -2.08. The van der Waals surface area contributed by atoms with E-state index in [1.54, 1.807) is 28.8 Å². The molecule has 8 heteroatoms. The van der Waals surface area contributed by atoms with E-state index in [-0.39, 0.29) is 5.56 Å². The van der Waals surface area contributed by atoms with E-state index in [2.05, 4.69) is 11.6 Å². The summed E-state index contributed by atoms with van der Waals surface area (Å²) < 4.78 is 4.45. The maximum Gasteiger partial charge on any atom is 0.273 e. The number of aromatic nitrogens is 3. The summed E-state index contributed by atoms with van der Waals surface area (Å²) >= 11 is 18.6. The lowest BCUT2D eigenvalue weighted by molar-refractivity contribution is 0.741. The first-order valence-corrected chi connectivity index (χ1v) is 8.63. The van der Waals surface area contributed by atoms with Gasteiger partial charge in [0.25, 0.3) is 5.56 Å². The molecule has 0 saturated heterocycles. The fourth-order valence-electron chi connectivity index (χ4n) is 2.21. The van der Waals surface area contributed by atoms with Crippen LogP contribution in [-0.2, 0) is 13.1 Å². The molecule has 0 unspecified atom stereocenters. The fraction of sp³-hybridized carbons (Fsp3) is 0.133. The first kappa shape index (κ1) is 16.4. The topological polar surface area (TPSA) is 39.8 Å². The number of allylic oxidation sites excluding steroid dienone is 1. The number of hydrogen-bond acceptors (Lipinski definition) is 4. The molecule has 0 aliphatic carbocycles. The highest BCUT2D eigenvalue weighted by Gasteiger charge is 2.12. The van der Waals surface area contributed by atoms with Crippen molar-refractivity contribution in [3.8, 4) is 0 Å². The third-order valence-corrected chi connectivity index (χ3v) is 5.32. The van der Waals surface area contributed by atoms with E-state index < -0.39 is 0 Å². The van der Waals surface area contributed by atoms with Gasteiger partial charge in [0.1, 0.15) is 11.0 Å². The van der Waals surface area contributed by atoms with Gasteiger partial charge in [0.05, 0.1) is 6.54 Å².